The Morgan fingerprint density at radius 1 is 1.29 bits per heavy atom. The fourth-order valence-electron chi connectivity index (χ4n) is 2.78. The predicted octanol–water partition coefficient (Wildman–Crippen LogP) is 2.36. The van der Waals surface area contributed by atoms with Crippen molar-refractivity contribution in [3.8, 4) is 0 Å². The zero-order chi connectivity index (χ0) is 15.3. The first-order chi connectivity index (χ1) is 10.1. The molecule has 0 spiro atoms. The van der Waals surface area contributed by atoms with Crippen molar-refractivity contribution in [2.24, 2.45) is 0 Å². The van der Waals surface area contributed by atoms with Gasteiger partial charge >= 0.3 is 0 Å². The summed E-state index contributed by atoms with van der Waals surface area (Å²) in [6.45, 7) is 3.40. The van der Waals surface area contributed by atoms with Gasteiger partial charge in [0.2, 0.25) is 10.0 Å². The Kier molecular flexibility index (Phi) is 6.10. The van der Waals surface area contributed by atoms with E-state index in [-0.39, 0.29) is 6.04 Å². The van der Waals surface area contributed by atoms with E-state index in [9.17, 15) is 8.42 Å². The Balaban J connectivity index is 2.19. The Bertz CT molecular complexity index is 561. The second-order valence-electron chi connectivity index (χ2n) is 5.32. The van der Waals surface area contributed by atoms with Gasteiger partial charge in [-0.2, -0.15) is 11.8 Å². The summed E-state index contributed by atoms with van der Waals surface area (Å²) in [7, 11) is -3.45. The molecular weight excluding hydrogens is 304 g/mol. The molecule has 1 saturated carbocycles. The van der Waals surface area contributed by atoms with Crippen molar-refractivity contribution in [2.45, 2.75) is 48.9 Å². The molecule has 2 unspecified atom stereocenters. The maximum atomic E-state index is 12.7. The second kappa shape index (κ2) is 7.63. The molecule has 1 aromatic carbocycles. The summed E-state index contributed by atoms with van der Waals surface area (Å²) in [5.74, 6) is 0. The Hall–Kier alpha value is -0.560. The lowest BCUT2D eigenvalue weighted by atomic mass is 10.2. The maximum absolute atomic E-state index is 12.7. The van der Waals surface area contributed by atoms with Crippen LogP contribution >= 0.6 is 11.8 Å². The van der Waals surface area contributed by atoms with E-state index in [1.54, 1.807) is 23.9 Å². The van der Waals surface area contributed by atoms with Gasteiger partial charge in [0, 0.05) is 17.8 Å². The second-order valence-corrected chi connectivity index (χ2v) is 8.08. The third-order valence-corrected chi connectivity index (χ3v) is 6.65. The number of hydrogen-bond acceptors (Lipinski definition) is 4. The van der Waals surface area contributed by atoms with Gasteiger partial charge in [0.15, 0.2) is 0 Å². The van der Waals surface area contributed by atoms with Crippen LogP contribution in [-0.2, 0) is 16.6 Å². The molecule has 0 aromatic heterocycles. The minimum absolute atomic E-state index is 0.0530. The molecule has 1 fully saturated rings. The number of thioether (sulfide) groups is 1. The molecule has 4 nitrogen and oxygen atoms in total. The van der Waals surface area contributed by atoms with Crippen molar-refractivity contribution >= 4 is 21.8 Å². The highest BCUT2D eigenvalue weighted by Crippen LogP contribution is 2.29. The number of nitrogens with one attached hydrogen (secondary N) is 2. The lowest BCUT2D eigenvalue weighted by molar-refractivity contribution is 0.553. The summed E-state index contributed by atoms with van der Waals surface area (Å²) in [6, 6.07) is 7.28. The molecule has 1 aliphatic rings. The molecule has 0 amide bonds. The third-order valence-electron chi connectivity index (χ3n) is 3.89. The molecule has 2 atom stereocenters. The molecule has 0 saturated heterocycles. The number of rotatable bonds is 7. The van der Waals surface area contributed by atoms with E-state index in [4.69, 9.17) is 0 Å². The van der Waals surface area contributed by atoms with E-state index in [0.29, 0.717) is 16.7 Å². The highest BCUT2D eigenvalue weighted by molar-refractivity contribution is 7.99. The van der Waals surface area contributed by atoms with Gasteiger partial charge in [-0.25, -0.2) is 13.1 Å². The van der Waals surface area contributed by atoms with E-state index in [2.05, 4.69) is 16.3 Å². The van der Waals surface area contributed by atoms with Crippen LogP contribution in [0.3, 0.4) is 0 Å². The van der Waals surface area contributed by atoms with Crippen molar-refractivity contribution in [3.05, 3.63) is 29.8 Å². The van der Waals surface area contributed by atoms with E-state index in [1.807, 2.05) is 19.1 Å². The molecule has 21 heavy (non-hydrogen) atoms. The summed E-state index contributed by atoms with van der Waals surface area (Å²) in [4.78, 5) is 0.401. The summed E-state index contributed by atoms with van der Waals surface area (Å²) in [5.41, 5.74) is 0.825. The highest BCUT2D eigenvalue weighted by atomic mass is 32.2. The van der Waals surface area contributed by atoms with Crippen molar-refractivity contribution < 1.29 is 8.42 Å². The van der Waals surface area contributed by atoms with Gasteiger partial charge in [0.05, 0.1) is 4.90 Å². The Morgan fingerprint density at radius 3 is 2.76 bits per heavy atom. The Morgan fingerprint density at radius 2 is 2.05 bits per heavy atom. The minimum atomic E-state index is -3.45. The van der Waals surface area contributed by atoms with Gasteiger partial charge in [-0.1, -0.05) is 31.5 Å². The van der Waals surface area contributed by atoms with Crippen LogP contribution in [-0.4, -0.2) is 32.5 Å². The van der Waals surface area contributed by atoms with Crippen LogP contribution < -0.4 is 10.0 Å². The van der Waals surface area contributed by atoms with E-state index in [0.717, 1.165) is 31.4 Å². The molecule has 118 valence electrons. The normalized spacial score (nSPS) is 22.6. The molecule has 2 rings (SSSR count). The molecule has 6 heteroatoms. The number of hydrogen-bond donors (Lipinski definition) is 2. The van der Waals surface area contributed by atoms with Crippen LogP contribution in [0, 0.1) is 0 Å². The van der Waals surface area contributed by atoms with Crippen LogP contribution in [0.5, 0.6) is 0 Å². The van der Waals surface area contributed by atoms with E-state index >= 15 is 0 Å². The van der Waals surface area contributed by atoms with Gasteiger partial charge in [0.25, 0.3) is 0 Å². The first-order valence-electron chi connectivity index (χ1n) is 7.42. The molecule has 0 aliphatic heterocycles. The Labute approximate surface area is 132 Å². The topological polar surface area (TPSA) is 58.2 Å². The van der Waals surface area contributed by atoms with Crippen LogP contribution in [0.15, 0.2) is 29.2 Å². The maximum Gasteiger partial charge on any atom is 0.241 e. The smallest absolute Gasteiger partial charge is 0.241 e. The zero-order valence-corrected chi connectivity index (χ0v) is 14.3. The van der Waals surface area contributed by atoms with Crippen LogP contribution in [0.4, 0.5) is 0 Å². The van der Waals surface area contributed by atoms with Gasteiger partial charge in [-0.3, -0.25) is 0 Å². The summed E-state index contributed by atoms with van der Waals surface area (Å²) in [6.07, 6.45) is 5.17. The number of benzene rings is 1. The van der Waals surface area contributed by atoms with E-state index in [1.165, 1.54) is 0 Å². The zero-order valence-electron chi connectivity index (χ0n) is 12.6. The minimum Gasteiger partial charge on any atom is -0.313 e. The van der Waals surface area contributed by atoms with Crippen molar-refractivity contribution in [1.82, 2.24) is 10.0 Å². The van der Waals surface area contributed by atoms with Gasteiger partial charge in [-0.15, -0.1) is 0 Å². The summed E-state index contributed by atoms with van der Waals surface area (Å²) in [5, 5.41) is 3.58. The van der Waals surface area contributed by atoms with Crippen molar-refractivity contribution in [3.63, 3.8) is 0 Å². The molecule has 0 bridgehead atoms. The first-order valence-corrected chi connectivity index (χ1v) is 10.2. The lowest BCUT2D eigenvalue weighted by Gasteiger charge is -2.20. The number of sulfonamides is 1. The first kappa shape index (κ1) is 16.8. The SMILES string of the molecule is CCNCc1ccccc1S(=O)(=O)NC1CCCC1SC. The molecule has 1 aromatic rings. The molecule has 2 N–H and O–H groups in total. The monoisotopic (exact) mass is 328 g/mol. The average molecular weight is 329 g/mol. The van der Waals surface area contributed by atoms with Crippen molar-refractivity contribution in [1.29, 1.82) is 0 Å². The fraction of sp³-hybridized carbons (Fsp3) is 0.600. The molecule has 0 radical (unpaired) electrons. The summed E-state index contributed by atoms with van der Waals surface area (Å²) >= 11 is 1.76. The van der Waals surface area contributed by atoms with E-state index < -0.39 is 10.0 Å². The lowest BCUT2D eigenvalue weighted by Crippen LogP contribution is -2.39. The average Bonchev–Trinajstić information content (AvgIpc) is 2.91. The quantitative estimate of drug-likeness (QED) is 0.807. The van der Waals surface area contributed by atoms with Crippen LogP contribution in [0.25, 0.3) is 0 Å². The summed E-state index contributed by atoms with van der Waals surface area (Å²) < 4.78 is 28.3. The predicted molar refractivity (Wildman–Crippen MR) is 89.1 cm³/mol. The largest absolute Gasteiger partial charge is 0.313 e. The van der Waals surface area contributed by atoms with Crippen LogP contribution in [0.2, 0.25) is 0 Å². The fourth-order valence-corrected chi connectivity index (χ4v) is 5.35. The van der Waals surface area contributed by atoms with Crippen molar-refractivity contribution in [2.75, 3.05) is 12.8 Å². The van der Waals surface area contributed by atoms with Crippen LogP contribution in [0.1, 0.15) is 31.7 Å². The standard InChI is InChI=1S/C15H24N2O2S2/c1-3-16-11-12-7-4-5-10-15(12)21(18,19)17-13-8-6-9-14(13)20-2/h4-5,7,10,13-14,16-17H,3,6,8-9,11H2,1-2H3. The molecule has 1 aliphatic carbocycles. The van der Waals surface area contributed by atoms with Gasteiger partial charge in [0.1, 0.15) is 0 Å². The third kappa shape index (κ3) is 4.22. The molecular formula is C15H24N2O2S2. The highest BCUT2D eigenvalue weighted by Gasteiger charge is 2.31. The van der Waals surface area contributed by atoms with Gasteiger partial charge < -0.3 is 5.32 Å². The van der Waals surface area contributed by atoms with Gasteiger partial charge in [-0.05, 0) is 37.3 Å². The molecule has 0 heterocycles.